The van der Waals surface area contributed by atoms with Crippen molar-refractivity contribution in [2.24, 2.45) is 5.10 Å². The number of aromatic nitrogens is 1. The largest absolute Gasteiger partial charge is 0.252 e. The van der Waals surface area contributed by atoms with Gasteiger partial charge in [-0.2, -0.15) is 16.9 Å². The van der Waals surface area contributed by atoms with Gasteiger partial charge in [-0.05, 0) is 36.1 Å². The summed E-state index contributed by atoms with van der Waals surface area (Å²) in [5.74, 6) is 0.496. The van der Waals surface area contributed by atoms with E-state index in [9.17, 15) is 4.39 Å². The van der Waals surface area contributed by atoms with Crippen LogP contribution in [0.3, 0.4) is 0 Å². The minimum Gasteiger partial charge on any atom is -0.252 e. The molecule has 0 aliphatic heterocycles. The van der Waals surface area contributed by atoms with E-state index in [2.05, 4.69) is 15.5 Å². The number of nitrogens with one attached hydrogen (secondary N) is 1. The van der Waals surface area contributed by atoms with Gasteiger partial charge in [0.25, 0.3) is 0 Å². The average Bonchev–Trinajstić information content (AvgIpc) is 2.95. The zero-order valence-electron chi connectivity index (χ0n) is 11.9. The van der Waals surface area contributed by atoms with Crippen LogP contribution in [-0.2, 0) is 0 Å². The molecule has 1 aromatic heterocycles. The number of halogens is 1. The van der Waals surface area contributed by atoms with E-state index in [4.69, 9.17) is 0 Å². The third-order valence-corrected chi connectivity index (χ3v) is 4.54. The SMILES string of the molecule is CSCC(=NNc1nc2ccccc2s1)c1ccc(F)cc1. The Morgan fingerprint density at radius 2 is 2.00 bits per heavy atom. The molecule has 0 fully saturated rings. The Morgan fingerprint density at radius 1 is 1.23 bits per heavy atom. The number of anilines is 1. The lowest BCUT2D eigenvalue weighted by molar-refractivity contribution is 0.628. The highest BCUT2D eigenvalue weighted by atomic mass is 32.2. The molecule has 0 radical (unpaired) electrons. The Morgan fingerprint density at radius 3 is 2.73 bits per heavy atom. The molecule has 3 aromatic rings. The number of hydrazone groups is 1. The summed E-state index contributed by atoms with van der Waals surface area (Å²) >= 11 is 3.23. The number of fused-ring (bicyclic) bond motifs is 1. The van der Waals surface area contributed by atoms with Crippen LogP contribution in [0.25, 0.3) is 10.2 Å². The highest BCUT2D eigenvalue weighted by Crippen LogP contribution is 2.25. The summed E-state index contributed by atoms with van der Waals surface area (Å²) < 4.78 is 14.2. The van der Waals surface area contributed by atoms with E-state index in [0.717, 1.165) is 32.4 Å². The fourth-order valence-corrected chi connectivity index (χ4v) is 3.31. The molecule has 1 N–H and O–H groups in total. The maximum atomic E-state index is 13.0. The maximum absolute atomic E-state index is 13.0. The topological polar surface area (TPSA) is 37.3 Å². The van der Waals surface area contributed by atoms with E-state index < -0.39 is 0 Å². The van der Waals surface area contributed by atoms with Crippen molar-refractivity contribution in [3.8, 4) is 0 Å². The van der Waals surface area contributed by atoms with Gasteiger partial charge in [-0.25, -0.2) is 9.37 Å². The van der Waals surface area contributed by atoms with Crippen LogP contribution in [-0.4, -0.2) is 22.7 Å². The van der Waals surface area contributed by atoms with E-state index in [-0.39, 0.29) is 5.82 Å². The first-order valence-electron chi connectivity index (χ1n) is 6.69. The minimum atomic E-state index is -0.244. The lowest BCUT2D eigenvalue weighted by Crippen LogP contribution is -2.07. The van der Waals surface area contributed by atoms with Crippen molar-refractivity contribution in [1.82, 2.24) is 4.98 Å². The van der Waals surface area contributed by atoms with E-state index in [1.54, 1.807) is 35.2 Å². The zero-order valence-corrected chi connectivity index (χ0v) is 13.5. The lowest BCUT2D eigenvalue weighted by Gasteiger charge is -2.05. The normalized spacial score (nSPS) is 11.8. The van der Waals surface area contributed by atoms with Gasteiger partial charge in [0.1, 0.15) is 5.82 Å². The van der Waals surface area contributed by atoms with Crippen molar-refractivity contribution >= 4 is 44.2 Å². The number of para-hydroxylation sites is 1. The van der Waals surface area contributed by atoms with E-state index in [1.807, 2.05) is 30.5 Å². The quantitative estimate of drug-likeness (QED) is 0.548. The van der Waals surface area contributed by atoms with Crippen LogP contribution in [0, 0.1) is 5.82 Å². The van der Waals surface area contributed by atoms with Gasteiger partial charge < -0.3 is 0 Å². The number of thiazole rings is 1. The molecule has 0 saturated heterocycles. The molecule has 0 aliphatic rings. The number of thioether (sulfide) groups is 1. The lowest BCUT2D eigenvalue weighted by atomic mass is 10.1. The molecule has 0 saturated carbocycles. The number of nitrogens with zero attached hydrogens (tertiary/aromatic N) is 2. The predicted molar refractivity (Wildman–Crippen MR) is 94.6 cm³/mol. The Hall–Kier alpha value is -1.92. The first-order chi connectivity index (χ1) is 10.8. The molecule has 22 heavy (non-hydrogen) atoms. The van der Waals surface area contributed by atoms with E-state index in [0.29, 0.717) is 0 Å². The second-order valence-electron chi connectivity index (χ2n) is 4.60. The number of rotatable bonds is 5. The summed E-state index contributed by atoms with van der Waals surface area (Å²) in [6.07, 6.45) is 2.01. The Bertz CT molecular complexity index is 764. The zero-order chi connectivity index (χ0) is 15.4. The first-order valence-corrected chi connectivity index (χ1v) is 8.90. The molecule has 3 rings (SSSR count). The van der Waals surface area contributed by atoms with Gasteiger partial charge >= 0.3 is 0 Å². The summed E-state index contributed by atoms with van der Waals surface area (Å²) in [6, 6.07) is 14.3. The summed E-state index contributed by atoms with van der Waals surface area (Å²) in [5.41, 5.74) is 5.75. The summed E-state index contributed by atoms with van der Waals surface area (Å²) in [7, 11) is 0. The van der Waals surface area contributed by atoms with E-state index >= 15 is 0 Å². The molecule has 0 spiro atoms. The van der Waals surface area contributed by atoms with Crippen molar-refractivity contribution in [3.63, 3.8) is 0 Å². The molecule has 1 heterocycles. The van der Waals surface area contributed by atoms with Crippen molar-refractivity contribution in [1.29, 1.82) is 0 Å². The van der Waals surface area contributed by atoms with Crippen LogP contribution in [0.1, 0.15) is 5.56 Å². The van der Waals surface area contributed by atoms with Crippen LogP contribution in [0.2, 0.25) is 0 Å². The smallest absolute Gasteiger partial charge is 0.204 e. The second kappa shape index (κ2) is 6.89. The molecular formula is C16H14FN3S2. The second-order valence-corrected chi connectivity index (χ2v) is 6.49. The van der Waals surface area contributed by atoms with Gasteiger partial charge in [0.2, 0.25) is 5.13 Å². The van der Waals surface area contributed by atoms with Crippen LogP contribution in [0.5, 0.6) is 0 Å². The Balaban J connectivity index is 1.84. The fraction of sp³-hybridized carbons (Fsp3) is 0.125. The molecule has 2 aromatic carbocycles. The average molecular weight is 331 g/mol. The highest BCUT2D eigenvalue weighted by Gasteiger charge is 2.06. The molecule has 6 heteroatoms. The molecule has 3 nitrogen and oxygen atoms in total. The van der Waals surface area contributed by atoms with Crippen molar-refractivity contribution in [2.75, 3.05) is 17.4 Å². The van der Waals surface area contributed by atoms with Crippen LogP contribution >= 0.6 is 23.1 Å². The van der Waals surface area contributed by atoms with Crippen molar-refractivity contribution < 1.29 is 4.39 Å². The third-order valence-electron chi connectivity index (χ3n) is 3.04. The standard InChI is InChI=1S/C16H14FN3S2/c1-21-10-14(11-6-8-12(17)9-7-11)19-20-16-18-13-4-2-3-5-15(13)22-16/h2-9H,10H2,1H3,(H,18,20). The van der Waals surface area contributed by atoms with Gasteiger partial charge in [-0.3, -0.25) is 5.43 Å². The molecular weight excluding hydrogens is 317 g/mol. The predicted octanol–water partition coefficient (Wildman–Crippen LogP) is 4.61. The van der Waals surface area contributed by atoms with E-state index in [1.165, 1.54) is 12.1 Å². The highest BCUT2D eigenvalue weighted by molar-refractivity contribution is 7.99. The molecule has 0 bridgehead atoms. The fourth-order valence-electron chi connectivity index (χ4n) is 1.99. The number of hydrogen-bond acceptors (Lipinski definition) is 5. The molecule has 0 unspecified atom stereocenters. The Labute approximate surface area is 136 Å². The van der Waals surface area contributed by atoms with Crippen molar-refractivity contribution in [3.05, 3.63) is 59.9 Å². The third kappa shape index (κ3) is 3.45. The first kappa shape index (κ1) is 15.0. The van der Waals surface area contributed by atoms with Crippen molar-refractivity contribution in [2.45, 2.75) is 0 Å². The molecule has 0 aliphatic carbocycles. The Kier molecular flexibility index (Phi) is 4.70. The van der Waals surface area contributed by atoms with Gasteiger partial charge in [0.05, 0.1) is 15.9 Å². The number of hydrogen-bond donors (Lipinski definition) is 1. The van der Waals surface area contributed by atoms with Crippen LogP contribution < -0.4 is 5.43 Å². The molecule has 112 valence electrons. The molecule has 0 atom stereocenters. The van der Waals surface area contributed by atoms with Gasteiger partial charge in [0, 0.05) is 5.75 Å². The van der Waals surface area contributed by atoms with Gasteiger partial charge in [-0.1, -0.05) is 35.6 Å². The molecule has 0 amide bonds. The summed E-state index contributed by atoms with van der Waals surface area (Å²) in [6.45, 7) is 0. The number of benzene rings is 2. The maximum Gasteiger partial charge on any atom is 0.204 e. The minimum absolute atomic E-state index is 0.244. The van der Waals surface area contributed by atoms with Gasteiger partial charge in [0.15, 0.2) is 0 Å². The van der Waals surface area contributed by atoms with Gasteiger partial charge in [-0.15, -0.1) is 0 Å². The van der Waals surface area contributed by atoms with Crippen LogP contribution in [0.15, 0.2) is 53.6 Å². The summed E-state index contributed by atoms with van der Waals surface area (Å²) in [4.78, 5) is 4.49. The summed E-state index contributed by atoms with van der Waals surface area (Å²) in [5, 5.41) is 5.20. The van der Waals surface area contributed by atoms with Crippen LogP contribution in [0.4, 0.5) is 9.52 Å². The monoisotopic (exact) mass is 331 g/mol.